The molecule has 0 aromatic heterocycles. The standard InChI is InChI=1S/C19H20BrNO3/c1-12(2)11-24-18-9-6-15(10-17(18)20)19(23)21-16-7-4-14(5-8-16)13(3)22/h4-10,12H,11H2,1-3H3,(H,21,23). The van der Waals surface area contributed by atoms with Crippen molar-refractivity contribution in [3.63, 3.8) is 0 Å². The molecule has 2 rings (SSSR count). The zero-order valence-electron chi connectivity index (χ0n) is 13.9. The first kappa shape index (κ1) is 18.2. The summed E-state index contributed by atoms with van der Waals surface area (Å²) in [5, 5.41) is 2.81. The summed E-state index contributed by atoms with van der Waals surface area (Å²) in [5.41, 5.74) is 1.78. The Labute approximate surface area is 150 Å². The molecule has 126 valence electrons. The Balaban J connectivity index is 2.06. The number of ketones is 1. The summed E-state index contributed by atoms with van der Waals surface area (Å²) in [6, 6.07) is 12.0. The summed E-state index contributed by atoms with van der Waals surface area (Å²) in [7, 11) is 0. The van der Waals surface area contributed by atoms with E-state index in [1.807, 2.05) is 0 Å². The normalized spacial score (nSPS) is 10.5. The number of halogens is 1. The van der Waals surface area contributed by atoms with E-state index in [1.54, 1.807) is 42.5 Å². The number of benzene rings is 2. The van der Waals surface area contributed by atoms with E-state index in [4.69, 9.17) is 4.74 Å². The fourth-order valence-corrected chi connectivity index (χ4v) is 2.50. The van der Waals surface area contributed by atoms with Crippen molar-refractivity contribution in [3.05, 3.63) is 58.1 Å². The molecule has 0 spiro atoms. The Hall–Kier alpha value is -2.14. The van der Waals surface area contributed by atoms with E-state index in [0.29, 0.717) is 35.1 Å². The van der Waals surface area contributed by atoms with Gasteiger partial charge in [-0.05, 0) is 71.2 Å². The molecule has 0 bridgehead atoms. The zero-order chi connectivity index (χ0) is 17.7. The van der Waals surface area contributed by atoms with Crippen LogP contribution in [0.4, 0.5) is 5.69 Å². The highest BCUT2D eigenvalue weighted by Gasteiger charge is 2.10. The maximum Gasteiger partial charge on any atom is 0.255 e. The minimum absolute atomic E-state index is 0.00575. The number of Topliss-reactive ketones (excluding diaryl/α,β-unsaturated/α-hetero) is 1. The van der Waals surface area contributed by atoms with Crippen LogP contribution >= 0.6 is 15.9 Å². The zero-order valence-corrected chi connectivity index (χ0v) is 15.5. The predicted octanol–water partition coefficient (Wildman–Crippen LogP) is 4.94. The number of hydrogen-bond donors (Lipinski definition) is 1. The van der Waals surface area contributed by atoms with Crippen LogP contribution < -0.4 is 10.1 Å². The number of anilines is 1. The summed E-state index contributed by atoms with van der Waals surface area (Å²) in [4.78, 5) is 23.6. The third-order valence-corrected chi connectivity index (χ3v) is 3.94. The van der Waals surface area contributed by atoms with Gasteiger partial charge in [-0.3, -0.25) is 9.59 Å². The monoisotopic (exact) mass is 389 g/mol. The van der Waals surface area contributed by atoms with Gasteiger partial charge in [-0.25, -0.2) is 0 Å². The number of carbonyl (C=O) groups excluding carboxylic acids is 2. The fraction of sp³-hybridized carbons (Fsp3) is 0.263. The second-order valence-corrected chi connectivity index (χ2v) is 6.79. The maximum atomic E-state index is 12.3. The average Bonchev–Trinajstić information content (AvgIpc) is 2.54. The topological polar surface area (TPSA) is 55.4 Å². The van der Waals surface area contributed by atoms with Crippen molar-refractivity contribution in [1.82, 2.24) is 0 Å². The lowest BCUT2D eigenvalue weighted by Gasteiger charge is -2.12. The van der Waals surface area contributed by atoms with Gasteiger partial charge in [0.1, 0.15) is 5.75 Å². The molecule has 2 aromatic rings. The minimum Gasteiger partial charge on any atom is -0.492 e. The van der Waals surface area contributed by atoms with Gasteiger partial charge in [-0.1, -0.05) is 13.8 Å². The third-order valence-electron chi connectivity index (χ3n) is 3.32. The number of amides is 1. The molecule has 0 atom stereocenters. The van der Waals surface area contributed by atoms with Crippen LogP contribution in [0.2, 0.25) is 0 Å². The summed E-state index contributed by atoms with van der Waals surface area (Å²) < 4.78 is 6.41. The van der Waals surface area contributed by atoms with Crippen molar-refractivity contribution >= 4 is 33.3 Å². The molecule has 2 aromatic carbocycles. The van der Waals surface area contributed by atoms with Crippen molar-refractivity contribution in [2.24, 2.45) is 5.92 Å². The average molecular weight is 390 g/mol. The van der Waals surface area contributed by atoms with Gasteiger partial charge in [-0.15, -0.1) is 0 Å². The third kappa shape index (κ3) is 4.93. The minimum atomic E-state index is -0.221. The van der Waals surface area contributed by atoms with E-state index < -0.39 is 0 Å². The van der Waals surface area contributed by atoms with E-state index in [1.165, 1.54) is 6.92 Å². The van der Waals surface area contributed by atoms with Crippen LogP contribution in [-0.4, -0.2) is 18.3 Å². The molecule has 4 nitrogen and oxygen atoms in total. The van der Waals surface area contributed by atoms with Gasteiger partial charge in [0, 0.05) is 16.8 Å². The van der Waals surface area contributed by atoms with Crippen LogP contribution in [-0.2, 0) is 0 Å². The van der Waals surface area contributed by atoms with Crippen molar-refractivity contribution in [3.8, 4) is 5.75 Å². The highest BCUT2D eigenvalue weighted by molar-refractivity contribution is 9.10. The molecule has 1 N–H and O–H groups in total. The lowest BCUT2D eigenvalue weighted by atomic mass is 10.1. The Morgan fingerprint density at radius 1 is 1.08 bits per heavy atom. The van der Waals surface area contributed by atoms with Crippen molar-refractivity contribution in [2.45, 2.75) is 20.8 Å². The van der Waals surface area contributed by atoms with E-state index >= 15 is 0 Å². The molecule has 1 amide bonds. The van der Waals surface area contributed by atoms with Gasteiger partial charge >= 0.3 is 0 Å². The number of carbonyl (C=O) groups is 2. The summed E-state index contributed by atoms with van der Waals surface area (Å²) in [6.07, 6.45) is 0. The molecule has 0 heterocycles. The highest BCUT2D eigenvalue weighted by atomic mass is 79.9. The van der Waals surface area contributed by atoms with Crippen molar-refractivity contribution in [1.29, 1.82) is 0 Å². The quantitative estimate of drug-likeness (QED) is 0.711. The fourth-order valence-electron chi connectivity index (χ4n) is 2.01. The van der Waals surface area contributed by atoms with E-state index in [2.05, 4.69) is 35.1 Å². The number of nitrogens with one attached hydrogen (secondary N) is 1. The van der Waals surface area contributed by atoms with Crippen LogP contribution in [0.3, 0.4) is 0 Å². The number of rotatable bonds is 6. The van der Waals surface area contributed by atoms with Gasteiger partial charge in [0.25, 0.3) is 5.91 Å². The van der Waals surface area contributed by atoms with Gasteiger partial charge in [0.05, 0.1) is 11.1 Å². The van der Waals surface area contributed by atoms with Gasteiger partial charge in [-0.2, -0.15) is 0 Å². The molecule has 0 saturated carbocycles. The van der Waals surface area contributed by atoms with Crippen LogP contribution in [0.15, 0.2) is 46.9 Å². The van der Waals surface area contributed by atoms with Crippen LogP contribution in [0.5, 0.6) is 5.75 Å². The molecular formula is C19H20BrNO3. The molecule has 0 fully saturated rings. The Morgan fingerprint density at radius 2 is 1.71 bits per heavy atom. The SMILES string of the molecule is CC(=O)c1ccc(NC(=O)c2ccc(OCC(C)C)c(Br)c2)cc1. The second-order valence-electron chi connectivity index (χ2n) is 5.94. The molecule has 5 heteroatoms. The molecule has 0 saturated heterocycles. The Kier molecular flexibility index (Phi) is 6.15. The lowest BCUT2D eigenvalue weighted by molar-refractivity contribution is 0.101. The first-order valence-corrected chi connectivity index (χ1v) is 8.51. The van der Waals surface area contributed by atoms with E-state index in [-0.39, 0.29) is 11.7 Å². The highest BCUT2D eigenvalue weighted by Crippen LogP contribution is 2.27. The van der Waals surface area contributed by atoms with Crippen LogP contribution in [0.1, 0.15) is 41.5 Å². The molecule has 0 aliphatic heterocycles. The molecule has 0 aliphatic rings. The lowest BCUT2D eigenvalue weighted by Crippen LogP contribution is -2.12. The summed E-state index contributed by atoms with van der Waals surface area (Å²) in [6.45, 7) is 6.28. The predicted molar refractivity (Wildman–Crippen MR) is 98.9 cm³/mol. The second kappa shape index (κ2) is 8.11. The van der Waals surface area contributed by atoms with E-state index in [9.17, 15) is 9.59 Å². The van der Waals surface area contributed by atoms with E-state index in [0.717, 1.165) is 4.47 Å². The maximum absolute atomic E-state index is 12.3. The molecule has 24 heavy (non-hydrogen) atoms. The number of ether oxygens (including phenoxy) is 1. The van der Waals surface area contributed by atoms with Gasteiger partial charge in [0.15, 0.2) is 5.78 Å². The van der Waals surface area contributed by atoms with Crippen molar-refractivity contribution in [2.75, 3.05) is 11.9 Å². The largest absolute Gasteiger partial charge is 0.492 e. The summed E-state index contributed by atoms with van der Waals surface area (Å²) >= 11 is 3.43. The van der Waals surface area contributed by atoms with Gasteiger partial charge in [0.2, 0.25) is 0 Å². The summed E-state index contributed by atoms with van der Waals surface area (Å²) in [5.74, 6) is 0.916. The van der Waals surface area contributed by atoms with Crippen LogP contribution in [0.25, 0.3) is 0 Å². The smallest absolute Gasteiger partial charge is 0.255 e. The van der Waals surface area contributed by atoms with Crippen molar-refractivity contribution < 1.29 is 14.3 Å². The first-order chi connectivity index (χ1) is 11.4. The molecular weight excluding hydrogens is 370 g/mol. The van der Waals surface area contributed by atoms with Gasteiger partial charge < -0.3 is 10.1 Å². The Morgan fingerprint density at radius 3 is 2.25 bits per heavy atom. The molecule has 0 radical (unpaired) electrons. The molecule has 0 aliphatic carbocycles. The molecule has 0 unspecified atom stereocenters. The number of hydrogen-bond acceptors (Lipinski definition) is 3. The Bertz CT molecular complexity index is 739. The first-order valence-electron chi connectivity index (χ1n) is 7.71. The van der Waals surface area contributed by atoms with Crippen LogP contribution in [0, 0.1) is 5.92 Å².